The Labute approximate surface area is 226 Å². The molecular formula is C30H28Cl2N2O3. The molecule has 4 aromatic rings. The number of aliphatic carboxylic acids is 1. The van der Waals surface area contributed by atoms with Crippen LogP contribution in [0.15, 0.2) is 66.7 Å². The summed E-state index contributed by atoms with van der Waals surface area (Å²) in [5.74, 6) is 1.16. The van der Waals surface area contributed by atoms with Crippen LogP contribution in [0.5, 0.6) is 0 Å². The number of ether oxygens (including phenoxy) is 1. The van der Waals surface area contributed by atoms with Crippen LogP contribution < -0.4 is 0 Å². The van der Waals surface area contributed by atoms with Crippen molar-refractivity contribution in [3.05, 3.63) is 99.3 Å². The molecule has 0 spiro atoms. The van der Waals surface area contributed by atoms with Crippen LogP contribution in [0.2, 0.25) is 10.0 Å². The minimum atomic E-state index is -1.45. The zero-order valence-electron chi connectivity index (χ0n) is 20.4. The summed E-state index contributed by atoms with van der Waals surface area (Å²) in [6.45, 7) is 2.45. The molecule has 5 nitrogen and oxygen atoms in total. The maximum atomic E-state index is 13.4. The molecule has 3 aromatic carbocycles. The van der Waals surface area contributed by atoms with Crippen LogP contribution in [0.1, 0.15) is 54.1 Å². The van der Waals surface area contributed by atoms with E-state index in [9.17, 15) is 9.90 Å². The van der Waals surface area contributed by atoms with Gasteiger partial charge in [0.1, 0.15) is 11.2 Å². The molecule has 1 aliphatic carbocycles. The molecule has 0 unspecified atom stereocenters. The van der Waals surface area contributed by atoms with E-state index < -0.39 is 11.4 Å². The van der Waals surface area contributed by atoms with Crippen LogP contribution in [-0.2, 0) is 21.5 Å². The van der Waals surface area contributed by atoms with Gasteiger partial charge in [-0.3, -0.25) is 4.79 Å². The number of carboxylic acids is 1. The summed E-state index contributed by atoms with van der Waals surface area (Å²) in [6.07, 6.45) is 4.35. The number of hydrogen-bond donors (Lipinski definition) is 1. The third-order valence-electron chi connectivity index (χ3n) is 7.81. The van der Waals surface area contributed by atoms with Crippen molar-refractivity contribution < 1.29 is 14.6 Å². The Balaban J connectivity index is 1.57. The maximum absolute atomic E-state index is 13.4. The van der Waals surface area contributed by atoms with E-state index in [0.717, 1.165) is 62.3 Å². The predicted molar refractivity (Wildman–Crippen MR) is 146 cm³/mol. The Morgan fingerprint density at radius 3 is 2.00 bits per heavy atom. The van der Waals surface area contributed by atoms with Crippen molar-refractivity contribution in [2.45, 2.75) is 43.6 Å². The highest BCUT2D eigenvalue weighted by atomic mass is 35.5. The van der Waals surface area contributed by atoms with Gasteiger partial charge in [0.15, 0.2) is 0 Å². The van der Waals surface area contributed by atoms with E-state index in [0.29, 0.717) is 38.6 Å². The SMILES string of the molecule is O=C(O)C(c1ccc(Cl)cc1)(c1ccc(Cl)cc1)c1ccc2nc(C3CC3)n(CC3CCOCC3)c2c1. The monoisotopic (exact) mass is 534 g/mol. The molecule has 1 saturated carbocycles. The standard InChI is InChI=1S/C30H28Cl2N2O3/c31-24-8-3-21(4-9-24)30(29(35)36,22-5-10-25(32)11-6-22)23-7-12-26-27(17-23)34(28(33-26)20-1-2-20)18-19-13-15-37-16-14-19/h3-12,17,19-20H,1-2,13-16,18H2,(H,35,36). The van der Waals surface area contributed by atoms with E-state index in [-0.39, 0.29) is 0 Å². The number of hydrogen-bond acceptors (Lipinski definition) is 3. The fourth-order valence-electron chi connectivity index (χ4n) is 5.68. The molecule has 0 radical (unpaired) electrons. The molecule has 190 valence electrons. The Bertz CT molecular complexity index is 1390. The molecule has 1 aromatic heterocycles. The average molecular weight is 535 g/mol. The maximum Gasteiger partial charge on any atom is 0.323 e. The third kappa shape index (κ3) is 4.43. The van der Waals surface area contributed by atoms with Gasteiger partial charge in [0.2, 0.25) is 0 Å². The second kappa shape index (κ2) is 9.79. The van der Waals surface area contributed by atoms with E-state index in [1.165, 1.54) is 0 Å². The van der Waals surface area contributed by atoms with Crippen molar-refractivity contribution in [1.29, 1.82) is 0 Å². The summed E-state index contributed by atoms with van der Waals surface area (Å²) in [7, 11) is 0. The number of carboxylic acid groups (broad SMARTS) is 1. The normalized spacial score (nSPS) is 16.8. The second-order valence-electron chi connectivity index (χ2n) is 10.2. The smallest absolute Gasteiger partial charge is 0.323 e. The van der Waals surface area contributed by atoms with Crippen molar-refractivity contribution in [3.63, 3.8) is 0 Å². The highest BCUT2D eigenvalue weighted by molar-refractivity contribution is 6.30. The molecule has 0 bridgehead atoms. The first-order valence-electron chi connectivity index (χ1n) is 12.8. The quantitative estimate of drug-likeness (QED) is 0.257. The zero-order valence-corrected chi connectivity index (χ0v) is 21.9. The lowest BCUT2D eigenvalue weighted by atomic mass is 9.69. The van der Waals surface area contributed by atoms with E-state index >= 15 is 0 Å². The topological polar surface area (TPSA) is 64.3 Å². The summed E-state index contributed by atoms with van der Waals surface area (Å²) in [5, 5.41) is 12.0. The van der Waals surface area contributed by atoms with Crippen molar-refractivity contribution in [2.24, 2.45) is 5.92 Å². The van der Waals surface area contributed by atoms with E-state index in [4.69, 9.17) is 32.9 Å². The van der Waals surface area contributed by atoms with E-state index in [2.05, 4.69) is 4.57 Å². The average Bonchev–Trinajstić information content (AvgIpc) is 3.69. The first kappa shape index (κ1) is 24.5. The number of benzene rings is 3. The lowest BCUT2D eigenvalue weighted by molar-refractivity contribution is -0.140. The lowest BCUT2D eigenvalue weighted by Crippen LogP contribution is -2.38. The van der Waals surface area contributed by atoms with Crippen molar-refractivity contribution in [2.75, 3.05) is 13.2 Å². The van der Waals surface area contributed by atoms with Gasteiger partial charge in [0.25, 0.3) is 0 Å². The number of halogens is 2. The molecule has 2 fully saturated rings. The number of rotatable bonds is 7. The van der Waals surface area contributed by atoms with Crippen molar-refractivity contribution in [1.82, 2.24) is 9.55 Å². The van der Waals surface area contributed by atoms with E-state index in [1.54, 1.807) is 48.5 Å². The number of imidazole rings is 1. The molecule has 0 atom stereocenters. The van der Waals surface area contributed by atoms with Gasteiger partial charge in [-0.25, -0.2) is 4.98 Å². The van der Waals surface area contributed by atoms with Gasteiger partial charge in [-0.1, -0.05) is 53.5 Å². The van der Waals surface area contributed by atoms with Gasteiger partial charge < -0.3 is 14.4 Å². The lowest BCUT2D eigenvalue weighted by Gasteiger charge is -2.32. The minimum absolute atomic E-state index is 0.479. The fourth-order valence-corrected chi connectivity index (χ4v) is 5.93. The number of fused-ring (bicyclic) bond motifs is 1. The van der Waals surface area contributed by atoms with Crippen LogP contribution in [0, 0.1) is 5.92 Å². The third-order valence-corrected chi connectivity index (χ3v) is 8.31. The van der Waals surface area contributed by atoms with Crippen LogP contribution in [0.4, 0.5) is 0 Å². The summed E-state index contributed by atoms with van der Waals surface area (Å²) in [6, 6.07) is 20.1. The first-order valence-corrected chi connectivity index (χ1v) is 13.6. The molecule has 2 aliphatic rings. The zero-order chi connectivity index (χ0) is 25.6. The van der Waals surface area contributed by atoms with E-state index in [1.807, 2.05) is 18.2 Å². The van der Waals surface area contributed by atoms with Gasteiger partial charge in [-0.2, -0.15) is 0 Å². The van der Waals surface area contributed by atoms with Gasteiger partial charge in [-0.05, 0) is 84.7 Å². The molecule has 6 rings (SSSR count). The van der Waals surface area contributed by atoms with Crippen LogP contribution in [-0.4, -0.2) is 33.8 Å². The first-order chi connectivity index (χ1) is 18.0. The molecule has 1 saturated heterocycles. The molecule has 2 heterocycles. The summed E-state index contributed by atoms with van der Waals surface area (Å²) in [5.41, 5.74) is 2.38. The Morgan fingerprint density at radius 2 is 1.46 bits per heavy atom. The fraction of sp³-hybridized carbons (Fsp3) is 0.333. The summed E-state index contributed by atoms with van der Waals surface area (Å²) in [4.78, 5) is 18.4. The molecule has 0 amide bonds. The summed E-state index contributed by atoms with van der Waals surface area (Å²) < 4.78 is 7.94. The Kier molecular flexibility index (Phi) is 6.47. The molecule has 7 heteroatoms. The minimum Gasteiger partial charge on any atom is -0.480 e. The molecule has 37 heavy (non-hydrogen) atoms. The highest BCUT2D eigenvalue weighted by Gasteiger charge is 2.44. The van der Waals surface area contributed by atoms with Gasteiger partial charge in [-0.15, -0.1) is 0 Å². The predicted octanol–water partition coefficient (Wildman–Crippen LogP) is 7.07. The Morgan fingerprint density at radius 1 is 0.892 bits per heavy atom. The van der Waals surface area contributed by atoms with Crippen LogP contribution in [0.3, 0.4) is 0 Å². The number of aromatic nitrogens is 2. The largest absolute Gasteiger partial charge is 0.480 e. The Hall–Kier alpha value is -2.86. The molecular weight excluding hydrogens is 507 g/mol. The van der Waals surface area contributed by atoms with Crippen LogP contribution in [0.25, 0.3) is 11.0 Å². The van der Waals surface area contributed by atoms with Gasteiger partial charge in [0.05, 0.1) is 11.0 Å². The van der Waals surface area contributed by atoms with Crippen LogP contribution >= 0.6 is 23.2 Å². The summed E-state index contributed by atoms with van der Waals surface area (Å²) >= 11 is 12.4. The second-order valence-corrected chi connectivity index (χ2v) is 11.1. The van der Waals surface area contributed by atoms with Crippen molar-refractivity contribution in [3.8, 4) is 0 Å². The van der Waals surface area contributed by atoms with Crippen molar-refractivity contribution >= 4 is 40.2 Å². The number of nitrogens with zero attached hydrogens (tertiary/aromatic N) is 2. The molecule has 1 aliphatic heterocycles. The highest BCUT2D eigenvalue weighted by Crippen LogP contribution is 2.44. The molecule has 1 N–H and O–H groups in total. The van der Waals surface area contributed by atoms with Gasteiger partial charge >= 0.3 is 5.97 Å². The number of carbonyl (C=O) groups is 1. The van der Waals surface area contributed by atoms with Gasteiger partial charge in [0, 0.05) is 35.7 Å².